The van der Waals surface area contributed by atoms with Crippen LogP contribution in [0, 0.1) is 0 Å². The fourth-order valence-electron chi connectivity index (χ4n) is 2.18. The number of rotatable bonds is 4. The number of halogens is 1. The van der Waals surface area contributed by atoms with Crippen LogP contribution in [0.3, 0.4) is 0 Å². The van der Waals surface area contributed by atoms with Crippen molar-refractivity contribution in [2.75, 3.05) is 6.54 Å². The van der Waals surface area contributed by atoms with E-state index in [9.17, 15) is 0 Å². The minimum absolute atomic E-state index is 0.322. The third-order valence-electron chi connectivity index (χ3n) is 2.99. The van der Waals surface area contributed by atoms with Crippen molar-refractivity contribution >= 4 is 27.3 Å². The maximum absolute atomic E-state index is 5.83. The van der Waals surface area contributed by atoms with E-state index in [0.717, 1.165) is 0 Å². The predicted octanol–water partition coefficient (Wildman–Crippen LogP) is 3.04. The van der Waals surface area contributed by atoms with Crippen LogP contribution < -0.4 is 11.1 Å². The lowest BCUT2D eigenvalue weighted by Crippen LogP contribution is -2.34. The average molecular weight is 289 g/mol. The molecule has 1 aromatic rings. The third-order valence-corrected chi connectivity index (χ3v) is 4.97. The molecule has 1 aliphatic rings. The number of thiophene rings is 1. The molecule has 1 saturated carbocycles. The van der Waals surface area contributed by atoms with Crippen molar-refractivity contribution in [1.82, 2.24) is 5.32 Å². The normalized spacial score (nSPS) is 19.6. The summed E-state index contributed by atoms with van der Waals surface area (Å²) >= 11 is 5.35. The summed E-state index contributed by atoms with van der Waals surface area (Å²) < 4.78 is 1.19. The van der Waals surface area contributed by atoms with Crippen LogP contribution in [0.4, 0.5) is 0 Å². The highest BCUT2D eigenvalue weighted by Gasteiger charge is 2.21. The van der Waals surface area contributed by atoms with Crippen molar-refractivity contribution < 1.29 is 0 Å². The first kappa shape index (κ1) is 11.6. The Morgan fingerprint density at radius 3 is 2.80 bits per heavy atom. The number of hydrogen-bond acceptors (Lipinski definition) is 3. The summed E-state index contributed by atoms with van der Waals surface area (Å²) in [5, 5.41) is 5.77. The van der Waals surface area contributed by atoms with Crippen LogP contribution in [0.25, 0.3) is 0 Å². The minimum Gasteiger partial charge on any atom is -0.329 e. The summed E-state index contributed by atoms with van der Waals surface area (Å²) in [6, 6.07) is 3.09. The topological polar surface area (TPSA) is 38.0 Å². The molecule has 1 aliphatic carbocycles. The molecule has 1 unspecified atom stereocenters. The summed E-state index contributed by atoms with van der Waals surface area (Å²) in [7, 11) is 0. The Morgan fingerprint density at radius 1 is 1.53 bits per heavy atom. The Hall–Kier alpha value is 0.100. The van der Waals surface area contributed by atoms with Gasteiger partial charge >= 0.3 is 0 Å². The van der Waals surface area contributed by atoms with E-state index < -0.39 is 0 Å². The maximum atomic E-state index is 5.83. The summed E-state index contributed by atoms with van der Waals surface area (Å²) in [6.45, 7) is 0.676. The molecule has 4 heteroatoms. The van der Waals surface area contributed by atoms with E-state index in [1.807, 2.05) is 0 Å². The molecule has 0 radical (unpaired) electrons. The van der Waals surface area contributed by atoms with Gasteiger partial charge in [-0.3, -0.25) is 0 Å². The Balaban J connectivity index is 2.00. The van der Waals surface area contributed by atoms with Crippen LogP contribution in [0.1, 0.15) is 36.6 Å². The van der Waals surface area contributed by atoms with Crippen LogP contribution in [0.15, 0.2) is 15.9 Å². The molecule has 2 rings (SSSR count). The van der Waals surface area contributed by atoms with Crippen molar-refractivity contribution in [2.45, 2.75) is 37.8 Å². The maximum Gasteiger partial charge on any atom is 0.0552 e. The first-order chi connectivity index (χ1) is 7.31. The van der Waals surface area contributed by atoms with E-state index in [-0.39, 0.29) is 0 Å². The second-order valence-corrected chi connectivity index (χ2v) is 5.87. The lowest BCUT2D eigenvalue weighted by molar-refractivity contribution is 0.448. The molecule has 0 bridgehead atoms. The molecule has 84 valence electrons. The molecule has 0 amide bonds. The highest BCUT2D eigenvalue weighted by atomic mass is 79.9. The molecule has 1 aromatic heterocycles. The number of nitrogens with one attached hydrogen (secondary N) is 1. The zero-order valence-electron chi connectivity index (χ0n) is 8.71. The molecule has 0 aliphatic heterocycles. The summed E-state index contributed by atoms with van der Waals surface area (Å²) in [4.78, 5) is 1.34. The Labute approximate surface area is 103 Å². The summed E-state index contributed by atoms with van der Waals surface area (Å²) in [6.07, 6.45) is 5.33. The zero-order chi connectivity index (χ0) is 10.7. The van der Waals surface area contributed by atoms with Crippen molar-refractivity contribution in [1.29, 1.82) is 0 Å². The first-order valence-electron chi connectivity index (χ1n) is 5.50. The quantitative estimate of drug-likeness (QED) is 0.894. The molecule has 3 N–H and O–H groups in total. The van der Waals surface area contributed by atoms with Crippen molar-refractivity contribution in [3.8, 4) is 0 Å². The highest BCUT2D eigenvalue weighted by Crippen LogP contribution is 2.30. The van der Waals surface area contributed by atoms with Gasteiger partial charge in [0.1, 0.15) is 0 Å². The third kappa shape index (κ3) is 2.81. The Bertz CT molecular complexity index is 307. The van der Waals surface area contributed by atoms with Crippen molar-refractivity contribution in [3.05, 3.63) is 20.8 Å². The second kappa shape index (κ2) is 5.43. The smallest absolute Gasteiger partial charge is 0.0552 e. The van der Waals surface area contributed by atoms with Gasteiger partial charge in [0.2, 0.25) is 0 Å². The van der Waals surface area contributed by atoms with E-state index in [1.54, 1.807) is 11.3 Å². The largest absolute Gasteiger partial charge is 0.329 e. The minimum atomic E-state index is 0.322. The van der Waals surface area contributed by atoms with E-state index in [0.29, 0.717) is 18.6 Å². The zero-order valence-corrected chi connectivity index (χ0v) is 11.1. The van der Waals surface area contributed by atoms with E-state index in [4.69, 9.17) is 5.73 Å². The van der Waals surface area contributed by atoms with Crippen LogP contribution >= 0.6 is 27.3 Å². The Morgan fingerprint density at radius 2 is 2.27 bits per heavy atom. The van der Waals surface area contributed by atoms with Gasteiger partial charge in [0.05, 0.1) is 6.04 Å². The van der Waals surface area contributed by atoms with Gasteiger partial charge in [-0.25, -0.2) is 0 Å². The fraction of sp³-hybridized carbons (Fsp3) is 0.636. The van der Waals surface area contributed by atoms with Gasteiger partial charge in [0.15, 0.2) is 0 Å². The van der Waals surface area contributed by atoms with Gasteiger partial charge < -0.3 is 11.1 Å². The van der Waals surface area contributed by atoms with Crippen molar-refractivity contribution in [2.24, 2.45) is 5.73 Å². The van der Waals surface area contributed by atoms with Crippen molar-refractivity contribution in [3.63, 3.8) is 0 Å². The number of hydrogen-bond donors (Lipinski definition) is 2. The predicted molar refractivity (Wildman–Crippen MR) is 69.2 cm³/mol. The molecular weight excluding hydrogens is 272 g/mol. The van der Waals surface area contributed by atoms with Gasteiger partial charge in [0.25, 0.3) is 0 Å². The molecule has 1 fully saturated rings. The van der Waals surface area contributed by atoms with E-state index >= 15 is 0 Å². The molecule has 0 saturated heterocycles. The Kier molecular flexibility index (Phi) is 4.20. The number of nitrogens with two attached hydrogens (primary N) is 1. The molecule has 1 atom stereocenters. The van der Waals surface area contributed by atoms with Crippen LogP contribution in [-0.4, -0.2) is 12.6 Å². The molecule has 2 nitrogen and oxygen atoms in total. The summed E-state index contributed by atoms with van der Waals surface area (Å²) in [5.74, 6) is 0. The highest BCUT2D eigenvalue weighted by molar-refractivity contribution is 9.10. The van der Waals surface area contributed by atoms with E-state index in [1.165, 1.54) is 35.0 Å². The first-order valence-corrected chi connectivity index (χ1v) is 7.17. The van der Waals surface area contributed by atoms with Crippen LogP contribution in [0.2, 0.25) is 0 Å². The molecular formula is C11H17BrN2S. The molecule has 1 heterocycles. The van der Waals surface area contributed by atoms with Gasteiger partial charge in [-0.2, -0.15) is 0 Å². The molecule has 0 spiro atoms. The van der Waals surface area contributed by atoms with Gasteiger partial charge in [-0.05, 0) is 40.2 Å². The van der Waals surface area contributed by atoms with Gasteiger partial charge in [0, 0.05) is 21.9 Å². The average Bonchev–Trinajstić information content (AvgIpc) is 2.85. The SMILES string of the molecule is NCC(NC1CCCC1)c1sccc1Br. The second-order valence-electron chi connectivity index (χ2n) is 4.07. The fourth-order valence-corrected chi connectivity index (χ4v) is 3.91. The standard InChI is InChI=1S/C11H17BrN2S/c12-9-5-6-15-11(9)10(7-13)14-8-3-1-2-4-8/h5-6,8,10,14H,1-4,7,13H2. The van der Waals surface area contributed by atoms with Gasteiger partial charge in [-0.15, -0.1) is 11.3 Å². The molecule has 15 heavy (non-hydrogen) atoms. The van der Waals surface area contributed by atoms with E-state index in [2.05, 4.69) is 32.7 Å². The van der Waals surface area contributed by atoms with Crippen LogP contribution in [0.5, 0.6) is 0 Å². The lowest BCUT2D eigenvalue weighted by Gasteiger charge is -2.21. The molecule has 0 aromatic carbocycles. The summed E-state index contributed by atoms with van der Waals surface area (Å²) in [5.41, 5.74) is 5.83. The van der Waals surface area contributed by atoms with Crippen LogP contribution in [-0.2, 0) is 0 Å². The van der Waals surface area contributed by atoms with Gasteiger partial charge in [-0.1, -0.05) is 12.8 Å². The lowest BCUT2D eigenvalue weighted by atomic mass is 10.2. The monoisotopic (exact) mass is 288 g/mol.